The number of nitrogens with one attached hydrogen (secondary N) is 1. The zero-order valence-electron chi connectivity index (χ0n) is 11.7. The van der Waals surface area contributed by atoms with Crippen LogP contribution in [0.2, 0.25) is 0 Å². The summed E-state index contributed by atoms with van der Waals surface area (Å²) < 4.78 is 10.4. The molecule has 108 valence electrons. The zero-order chi connectivity index (χ0) is 14.6. The number of benzene rings is 1. The molecule has 20 heavy (non-hydrogen) atoms. The Labute approximate surface area is 119 Å². The molecule has 0 radical (unpaired) electrons. The van der Waals surface area contributed by atoms with Gasteiger partial charge < -0.3 is 14.8 Å². The molecule has 0 aliphatic rings. The highest BCUT2D eigenvalue weighted by Gasteiger charge is 1.99. The number of methoxy groups -OCH3 is 1. The first-order valence-electron chi connectivity index (χ1n) is 6.60. The van der Waals surface area contributed by atoms with Crippen LogP contribution in [0.5, 0.6) is 5.75 Å². The van der Waals surface area contributed by atoms with Crippen LogP contribution >= 0.6 is 0 Å². The molecule has 0 saturated carbocycles. The van der Waals surface area contributed by atoms with E-state index in [-0.39, 0.29) is 12.3 Å². The summed E-state index contributed by atoms with van der Waals surface area (Å²) in [4.78, 5) is 11.1. The first-order valence-corrected chi connectivity index (χ1v) is 6.60. The van der Waals surface area contributed by atoms with Crippen LogP contribution in [0.25, 0.3) is 0 Å². The quantitative estimate of drug-likeness (QED) is 0.696. The van der Waals surface area contributed by atoms with Crippen LogP contribution in [0.15, 0.2) is 24.3 Å². The Morgan fingerprint density at radius 3 is 2.70 bits per heavy atom. The number of carbonyl (C=O) groups is 1. The predicted molar refractivity (Wildman–Crippen MR) is 75.4 cm³/mol. The number of hydrogen-bond acceptors (Lipinski definition) is 4. The van der Waals surface area contributed by atoms with Gasteiger partial charge in [-0.1, -0.05) is 12.1 Å². The van der Waals surface area contributed by atoms with Gasteiger partial charge in [-0.3, -0.25) is 4.79 Å². The summed E-state index contributed by atoms with van der Waals surface area (Å²) in [5, 5.41) is 11.0. The fourth-order valence-corrected chi connectivity index (χ4v) is 1.65. The van der Waals surface area contributed by atoms with Crippen LogP contribution in [0.1, 0.15) is 18.4 Å². The number of nitriles is 1. The third-order valence-electron chi connectivity index (χ3n) is 2.68. The van der Waals surface area contributed by atoms with Crippen LogP contribution < -0.4 is 10.1 Å². The number of aryl methyl sites for hydroxylation is 1. The highest BCUT2D eigenvalue weighted by atomic mass is 16.5. The second kappa shape index (κ2) is 9.82. The Balaban J connectivity index is 2.21. The molecular formula is C15H20N2O3. The highest BCUT2D eigenvalue weighted by molar-refractivity contribution is 5.77. The Morgan fingerprint density at radius 2 is 2.05 bits per heavy atom. The third kappa shape index (κ3) is 6.76. The van der Waals surface area contributed by atoms with Gasteiger partial charge in [-0.25, -0.2) is 0 Å². The average Bonchev–Trinajstić information content (AvgIpc) is 2.46. The largest absolute Gasteiger partial charge is 0.491 e. The smallest absolute Gasteiger partial charge is 0.234 e. The topological polar surface area (TPSA) is 71.3 Å². The van der Waals surface area contributed by atoms with Crippen molar-refractivity contribution in [2.75, 3.05) is 26.9 Å². The minimum absolute atomic E-state index is 0.0759. The number of carbonyl (C=O) groups excluding carboxylic acids is 1. The molecule has 0 saturated heterocycles. The molecule has 1 aromatic carbocycles. The monoisotopic (exact) mass is 276 g/mol. The molecule has 0 heterocycles. The Bertz CT molecular complexity index is 437. The van der Waals surface area contributed by atoms with Crippen molar-refractivity contribution in [2.24, 2.45) is 0 Å². The van der Waals surface area contributed by atoms with Crippen molar-refractivity contribution >= 4 is 5.91 Å². The van der Waals surface area contributed by atoms with Gasteiger partial charge in [0.2, 0.25) is 5.91 Å². The number of rotatable bonds is 9. The standard InChI is InChI=1S/C15H20N2O3/c1-19-11-12-20-14-6-4-13(5-7-14)3-2-10-17-15(18)8-9-16/h4-7H,2-3,8,10-12H2,1H3,(H,17,18). The van der Waals surface area contributed by atoms with Gasteiger partial charge >= 0.3 is 0 Å². The van der Waals surface area contributed by atoms with E-state index < -0.39 is 0 Å². The molecular weight excluding hydrogens is 256 g/mol. The zero-order valence-corrected chi connectivity index (χ0v) is 11.7. The number of amides is 1. The Hall–Kier alpha value is -2.06. The fourth-order valence-electron chi connectivity index (χ4n) is 1.65. The summed E-state index contributed by atoms with van der Waals surface area (Å²) in [6.45, 7) is 1.71. The van der Waals surface area contributed by atoms with Crippen LogP contribution in [0.4, 0.5) is 0 Å². The molecule has 0 fully saturated rings. The SMILES string of the molecule is COCCOc1ccc(CCCNC(=O)CC#N)cc1. The van der Waals surface area contributed by atoms with E-state index in [0.29, 0.717) is 19.8 Å². The van der Waals surface area contributed by atoms with Gasteiger partial charge in [0.15, 0.2) is 0 Å². The second-order valence-corrected chi connectivity index (χ2v) is 4.27. The summed E-state index contributed by atoms with van der Waals surface area (Å²) in [5.74, 6) is 0.613. The third-order valence-corrected chi connectivity index (χ3v) is 2.68. The normalized spacial score (nSPS) is 9.80. The molecule has 1 aromatic rings. The van der Waals surface area contributed by atoms with E-state index in [4.69, 9.17) is 14.7 Å². The summed E-state index contributed by atoms with van der Waals surface area (Å²) in [7, 11) is 1.64. The number of nitrogens with zero attached hydrogens (tertiary/aromatic N) is 1. The highest BCUT2D eigenvalue weighted by Crippen LogP contribution is 2.13. The predicted octanol–water partition coefficient (Wildman–Crippen LogP) is 1.67. The lowest BCUT2D eigenvalue weighted by Crippen LogP contribution is -2.23. The molecule has 0 unspecified atom stereocenters. The van der Waals surface area contributed by atoms with E-state index in [0.717, 1.165) is 18.6 Å². The van der Waals surface area contributed by atoms with Gasteiger partial charge in [-0.2, -0.15) is 5.26 Å². The van der Waals surface area contributed by atoms with Gasteiger partial charge in [-0.05, 0) is 30.5 Å². The molecule has 0 aromatic heterocycles. The van der Waals surface area contributed by atoms with E-state index in [1.807, 2.05) is 30.3 Å². The minimum Gasteiger partial charge on any atom is -0.491 e. The summed E-state index contributed by atoms with van der Waals surface area (Å²) in [6, 6.07) is 9.70. The number of ether oxygens (including phenoxy) is 2. The lowest BCUT2D eigenvalue weighted by molar-refractivity contribution is -0.120. The van der Waals surface area contributed by atoms with Crippen LogP contribution in [-0.2, 0) is 16.0 Å². The summed E-state index contributed by atoms with van der Waals surface area (Å²) in [6.07, 6.45) is 1.65. The van der Waals surface area contributed by atoms with Crippen LogP contribution in [-0.4, -0.2) is 32.8 Å². The van der Waals surface area contributed by atoms with Crippen LogP contribution in [0, 0.1) is 11.3 Å². The minimum atomic E-state index is -0.214. The number of hydrogen-bond donors (Lipinski definition) is 1. The molecule has 1 N–H and O–H groups in total. The first-order chi connectivity index (χ1) is 9.76. The fraction of sp³-hybridized carbons (Fsp3) is 0.467. The van der Waals surface area contributed by atoms with Gasteiger partial charge in [0.25, 0.3) is 0 Å². The Kier molecular flexibility index (Phi) is 7.85. The van der Waals surface area contributed by atoms with Gasteiger partial charge in [0.1, 0.15) is 18.8 Å². The van der Waals surface area contributed by atoms with E-state index >= 15 is 0 Å². The molecule has 5 nitrogen and oxygen atoms in total. The maximum atomic E-state index is 11.1. The van der Waals surface area contributed by atoms with Crippen molar-refractivity contribution in [3.05, 3.63) is 29.8 Å². The molecule has 0 aliphatic carbocycles. The lowest BCUT2D eigenvalue weighted by Gasteiger charge is -2.07. The van der Waals surface area contributed by atoms with Gasteiger partial charge in [-0.15, -0.1) is 0 Å². The first kappa shape index (κ1) is 16.0. The maximum Gasteiger partial charge on any atom is 0.234 e. The molecule has 1 rings (SSSR count). The van der Waals surface area contributed by atoms with Crippen molar-refractivity contribution < 1.29 is 14.3 Å². The van der Waals surface area contributed by atoms with Crippen molar-refractivity contribution in [3.8, 4) is 11.8 Å². The maximum absolute atomic E-state index is 11.1. The van der Waals surface area contributed by atoms with E-state index in [9.17, 15) is 4.79 Å². The van der Waals surface area contributed by atoms with E-state index in [1.54, 1.807) is 7.11 Å². The molecule has 0 aliphatic heterocycles. The second-order valence-electron chi connectivity index (χ2n) is 4.27. The van der Waals surface area contributed by atoms with Crippen molar-refractivity contribution in [1.82, 2.24) is 5.32 Å². The van der Waals surface area contributed by atoms with E-state index in [2.05, 4.69) is 5.32 Å². The van der Waals surface area contributed by atoms with Gasteiger partial charge in [0.05, 0.1) is 12.7 Å². The summed E-state index contributed by atoms with van der Waals surface area (Å²) >= 11 is 0. The molecule has 0 bridgehead atoms. The molecule has 1 amide bonds. The van der Waals surface area contributed by atoms with Crippen molar-refractivity contribution in [3.63, 3.8) is 0 Å². The van der Waals surface area contributed by atoms with Crippen LogP contribution in [0.3, 0.4) is 0 Å². The Morgan fingerprint density at radius 1 is 1.30 bits per heavy atom. The summed E-state index contributed by atoms with van der Waals surface area (Å²) in [5.41, 5.74) is 1.19. The van der Waals surface area contributed by atoms with E-state index in [1.165, 1.54) is 5.56 Å². The average molecular weight is 276 g/mol. The van der Waals surface area contributed by atoms with Crippen molar-refractivity contribution in [2.45, 2.75) is 19.3 Å². The van der Waals surface area contributed by atoms with Gasteiger partial charge in [0, 0.05) is 13.7 Å². The molecule has 5 heteroatoms. The lowest BCUT2D eigenvalue weighted by atomic mass is 10.1. The van der Waals surface area contributed by atoms with Crippen molar-refractivity contribution in [1.29, 1.82) is 5.26 Å². The molecule has 0 spiro atoms. The molecule has 0 atom stereocenters.